The zero-order valence-corrected chi connectivity index (χ0v) is 14.1. The second-order valence-corrected chi connectivity index (χ2v) is 6.60. The largest absolute Gasteiger partial charge is 0.480 e. The Balaban J connectivity index is 1.89. The highest BCUT2D eigenvalue weighted by Crippen LogP contribution is 2.23. The van der Waals surface area contributed by atoms with E-state index in [4.69, 9.17) is 16.7 Å². The highest BCUT2D eigenvalue weighted by Gasteiger charge is 2.30. The van der Waals surface area contributed by atoms with E-state index >= 15 is 0 Å². The summed E-state index contributed by atoms with van der Waals surface area (Å²) in [5, 5.41) is 12.4. The SMILES string of the molecule is CC(C)[C@@H](NC(=O)C1CCN(c2ccc(Cl)cn2)CC1)C(=O)O. The summed E-state index contributed by atoms with van der Waals surface area (Å²) in [6, 6.07) is 2.82. The number of anilines is 1. The third-order valence-corrected chi connectivity index (χ3v) is 4.36. The summed E-state index contributed by atoms with van der Waals surface area (Å²) in [6.07, 6.45) is 2.97. The average molecular weight is 340 g/mol. The first kappa shape index (κ1) is 17.5. The molecule has 7 heteroatoms. The maximum Gasteiger partial charge on any atom is 0.326 e. The molecule has 23 heavy (non-hydrogen) atoms. The highest BCUT2D eigenvalue weighted by atomic mass is 35.5. The molecule has 1 amide bonds. The highest BCUT2D eigenvalue weighted by molar-refractivity contribution is 6.30. The minimum absolute atomic E-state index is 0.144. The summed E-state index contributed by atoms with van der Waals surface area (Å²) in [7, 11) is 0. The van der Waals surface area contributed by atoms with E-state index in [1.165, 1.54) is 0 Å². The predicted molar refractivity (Wildman–Crippen MR) is 88.6 cm³/mol. The Bertz CT molecular complexity index is 554. The Morgan fingerprint density at radius 2 is 2.00 bits per heavy atom. The molecule has 0 aliphatic carbocycles. The molecule has 2 rings (SSSR count). The lowest BCUT2D eigenvalue weighted by atomic mass is 9.94. The number of hydrogen-bond acceptors (Lipinski definition) is 4. The molecule has 0 unspecified atom stereocenters. The van der Waals surface area contributed by atoms with E-state index in [0.29, 0.717) is 31.0 Å². The Morgan fingerprint density at radius 1 is 1.35 bits per heavy atom. The number of rotatable bonds is 5. The van der Waals surface area contributed by atoms with Crippen LogP contribution in [0.25, 0.3) is 0 Å². The molecule has 2 N–H and O–H groups in total. The first-order valence-corrected chi connectivity index (χ1v) is 8.16. The van der Waals surface area contributed by atoms with Gasteiger partial charge in [-0.05, 0) is 30.9 Å². The molecular formula is C16H22ClN3O3. The van der Waals surface area contributed by atoms with Crippen LogP contribution in [0.3, 0.4) is 0 Å². The summed E-state index contributed by atoms with van der Waals surface area (Å²) in [5.74, 6) is -0.612. The summed E-state index contributed by atoms with van der Waals surface area (Å²) in [6.45, 7) is 5.00. The van der Waals surface area contributed by atoms with Gasteiger partial charge in [-0.15, -0.1) is 0 Å². The quantitative estimate of drug-likeness (QED) is 0.859. The molecule has 1 aliphatic rings. The lowest BCUT2D eigenvalue weighted by molar-refractivity contribution is -0.143. The number of carboxylic acids is 1. The molecule has 1 aromatic rings. The number of hydrogen-bond donors (Lipinski definition) is 2. The molecule has 1 fully saturated rings. The molecule has 0 radical (unpaired) electrons. The number of aliphatic carboxylic acids is 1. The Hall–Kier alpha value is -1.82. The maximum absolute atomic E-state index is 12.3. The lowest BCUT2D eigenvalue weighted by Gasteiger charge is -2.32. The van der Waals surface area contributed by atoms with Crippen LogP contribution in [-0.2, 0) is 9.59 Å². The minimum atomic E-state index is -0.990. The number of carbonyl (C=O) groups excluding carboxylic acids is 1. The van der Waals surface area contributed by atoms with Gasteiger partial charge >= 0.3 is 5.97 Å². The number of amides is 1. The number of carbonyl (C=O) groups is 2. The van der Waals surface area contributed by atoms with Crippen LogP contribution in [0.15, 0.2) is 18.3 Å². The summed E-state index contributed by atoms with van der Waals surface area (Å²) in [4.78, 5) is 29.9. The molecule has 1 aliphatic heterocycles. The molecule has 1 saturated heterocycles. The van der Waals surface area contributed by atoms with Crippen LogP contribution < -0.4 is 10.2 Å². The van der Waals surface area contributed by atoms with Gasteiger partial charge in [0, 0.05) is 25.2 Å². The van der Waals surface area contributed by atoms with E-state index < -0.39 is 12.0 Å². The molecule has 1 aromatic heterocycles. The number of carboxylic acid groups (broad SMARTS) is 1. The smallest absolute Gasteiger partial charge is 0.326 e. The second kappa shape index (κ2) is 7.64. The van der Waals surface area contributed by atoms with Gasteiger partial charge < -0.3 is 15.3 Å². The molecule has 1 atom stereocenters. The minimum Gasteiger partial charge on any atom is -0.480 e. The van der Waals surface area contributed by atoms with Crippen LogP contribution in [0.4, 0.5) is 5.82 Å². The van der Waals surface area contributed by atoms with Crippen LogP contribution in [0.1, 0.15) is 26.7 Å². The van der Waals surface area contributed by atoms with Crippen LogP contribution in [0.5, 0.6) is 0 Å². The Kier molecular flexibility index (Phi) is 5.82. The molecule has 2 heterocycles. The van der Waals surface area contributed by atoms with Crippen molar-refractivity contribution in [3.05, 3.63) is 23.4 Å². The third kappa shape index (κ3) is 4.58. The van der Waals surface area contributed by atoms with Gasteiger partial charge in [0.1, 0.15) is 11.9 Å². The van der Waals surface area contributed by atoms with Crippen molar-refractivity contribution < 1.29 is 14.7 Å². The molecule has 0 spiro atoms. The van der Waals surface area contributed by atoms with Gasteiger partial charge in [-0.3, -0.25) is 4.79 Å². The Labute approximate surface area is 140 Å². The molecule has 126 valence electrons. The van der Waals surface area contributed by atoms with Crippen LogP contribution in [0, 0.1) is 11.8 Å². The van der Waals surface area contributed by atoms with Crippen LogP contribution in [-0.4, -0.2) is 41.1 Å². The molecule has 0 bridgehead atoms. The fraction of sp³-hybridized carbons (Fsp3) is 0.562. The van der Waals surface area contributed by atoms with E-state index in [1.54, 1.807) is 26.1 Å². The average Bonchev–Trinajstić information content (AvgIpc) is 2.52. The number of halogens is 1. The van der Waals surface area contributed by atoms with Gasteiger partial charge in [-0.2, -0.15) is 0 Å². The number of piperidine rings is 1. The number of aromatic nitrogens is 1. The predicted octanol–water partition coefficient (Wildman–Crippen LogP) is 2.18. The zero-order chi connectivity index (χ0) is 17.0. The van der Waals surface area contributed by atoms with Crippen molar-refractivity contribution in [2.24, 2.45) is 11.8 Å². The third-order valence-electron chi connectivity index (χ3n) is 4.13. The van der Waals surface area contributed by atoms with Crippen LogP contribution >= 0.6 is 11.6 Å². The normalized spacial score (nSPS) is 17.1. The molecule has 6 nitrogen and oxygen atoms in total. The fourth-order valence-corrected chi connectivity index (χ4v) is 2.82. The number of pyridine rings is 1. The van der Waals surface area contributed by atoms with Crippen molar-refractivity contribution in [3.63, 3.8) is 0 Å². The van der Waals surface area contributed by atoms with E-state index in [0.717, 1.165) is 5.82 Å². The summed E-state index contributed by atoms with van der Waals surface area (Å²) >= 11 is 5.83. The zero-order valence-electron chi connectivity index (χ0n) is 13.3. The maximum atomic E-state index is 12.3. The van der Waals surface area contributed by atoms with Gasteiger partial charge in [0.2, 0.25) is 5.91 Å². The molecular weight excluding hydrogens is 318 g/mol. The Morgan fingerprint density at radius 3 is 2.48 bits per heavy atom. The topological polar surface area (TPSA) is 82.5 Å². The van der Waals surface area contributed by atoms with E-state index in [-0.39, 0.29) is 17.7 Å². The van der Waals surface area contributed by atoms with Crippen LogP contribution in [0.2, 0.25) is 5.02 Å². The van der Waals surface area contributed by atoms with Crippen molar-refractivity contribution in [3.8, 4) is 0 Å². The van der Waals surface area contributed by atoms with Crippen molar-refractivity contribution in [2.45, 2.75) is 32.7 Å². The van der Waals surface area contributed by atoms with Crippen molar-refractivity contribution in [2.75, 3.05) is 18.0 Å². The van der Waals surface area contributed by atoms with E-state index in [9.17, 15) is 9.59 Å². The van der Waals surface area contributed by atoms with Crippen molar-refractivity contribution >= 4 is 29.3 Å². The van der Waals surface area contributed by atoms with Gasteiger partial charge in [-0.1, -0.05) is 25.4 Å². The molecule has 0 saturated carbocycles. The van der Waals surface area contributed by atoms with E-state index in [1.807, 2.05) is 6.07 Å². The summed E-state index contributed by atoms with van der Waals surface area (Å²) in [5.41, 5.74) is 0. The fourth-order valence-electron chi connectivity index (χ4n) is 2.71. The standard InChI is InChI=1S/C16H22ClN3O3/c1-10(2)14(16(22)23)19-15(21)11-5-7-20(8-6-11)13-4-3-12(17)9-18-13/h3-4,9-11,14H,5-8H2,1-2H3,(H,19,21)(H,22,23)/t14-/m1/s1. The monoisotopic (exact) mass is 339 g/mol. The molecule has 0 aromatic carbocycles. The van der Waals surface area contributed by atoms with E-state index in [2.05, 4.69) is 15.2 Å². The lowest BCUT2D eigenvalue weighted by Crippen LogP contribution is -2.48. The van der Waals surface area contributed by atoms with Gasteiger partial charge in [0.05, 0.1) is 5.02 Å². The number of nitrogens with one attached hydrogen (secondary N) is 1. The summed E-state index contributed by atoms with van der Waals surface area (Å²) < 4.78 is 0. The second-order valence-electron chi connectivity index (χ2n) is 6.16. The van der Waals surface area contributed by atoms with Crippen molar-refractivity contribution in [1.29, 1.82) is 0 Å². The number of nitrogens with zero attached hydrogens (tertiary/aromatic N) is 2. The first-order valence-electron chi connectivity index (χ1n) is 7.78. The van der Waals surface area contributed by atoms with Gasteiger partial charge in [0.15, 0.2) is 0 Å². The van der Waals surface area contributed by atoms with Gasteiger partial charge in [-0.25, -0.2) is 9.78 Å². The van der Waals surface area contributed by atoms with Crippen molar-refractivity contribution in [1.82, 2.24) is 10.3 Å². The first-order chi connectivity index (χ1) is 10.9. The van der Waals surface area contributed by atoms with Gasteiger partial charge in [0.25, 0.3) is 0 Å².